The number of piperazine rings is 1. The summed E-state index contributed by atoms with van der Waals surface area (Å²) < 4.78 is 0. The second-order valence-electron chi connectivity index (χ2n) is 6.51. The fourth-order valence-corrected chi connectivity index (χ4v) is 3.83. The third kappa shape index (κ3) is 4.94. The molecule has 1 N–H and O–H groups in total. The number of ketones is 1. The van der Waals surface area contributed by atoms with E-state index < -0.39 is 0 Å². The zero-order chi connectivity index (χ0) is 19.2. The van der Waals surface area contributed by atoms with Crippen LogP contribution in [0.2, 0.25) is 0 Å². The molecule has 1 aromatic carbocycles. The fourth-order valence-electron chi connectivity index (χ4n) is 3.08. The predicted molar refractivity (Wildman–Crippen MR) is 107 cm³/mol. The van der Waals surface area contributed by atoms with Crippen molar-refractivity contribution in [1.82, 2.24) is 4.90 Å². The normalized spacial score (nSPS) is 14.6. The van der Waals surface area contributed by atoms with Crippen molar-refractivity contribution in [3.8, 4) is 6.07 Å². The van der Waals surface area contributed by atoms with Gasteiger partial charge in [0.2, 0.25) is 5.91 Å². The Hall–Kier alpha value is -2.69. The van der Waals surface area contributed by atoms with Gasteiger partial charge in [-0.2, -0.15) is 5.26 Å². The molecule has 2 aromatic rings. The van der Waals surface area contributed by atoms with Crippen LogP contribution in [0.5, 0.6) is 0 Å². The Labute approximate surface area is 163 Å². The van der Waals surface area contributed by atoms with Gasteiger partial charge >= 0.3 is 0 Å². The summed E-state index contributed by atoms with van der Waals surface area (Å²) in [5, 5.41) is 14.2. The molecule has 0 saturated carbocycles. The van der Waals surface area contributed by atoms with Crippen molar-refractivity contribution in [2.75, 3.05) is 42.9 Å². The Kier molecular flexibility index (Phi) is 6.22. The number of Topliss-reactive ketones (excluding diaryl/α,β-unsaturated/α-hetero) is 1. The third-order valence-electron chi connectivity index (χ3n) is 4.70. The molecule has 6 nitrogen and oxygen atoms in total. The number of carbonyl (C=O) groups is 2. The van der Waals surface area contributed by atoms with Crippen LogP contribution in [0.4, 0.5) is 10.7 Å². The number of nitriles is 1. The number of hydrogen-bond donors (Lipinski definition) is 1. The number of amides is 1. The first-order chi connectivity index (χ1) is 13.1. The fraction of sp³-hybridized carbons (Fsp3) is 0.350. The minimum atomic E-state index is -0.0591. The maximum atomic E-state index is 12.1. The molecule has 0 bridgehead atoms. The molecule has 1 aliphatic heterocycles. The van der Waals surface area contributed by atoms with E-state index in [1.807, 2.05) is 24.3 Å². The SMILES string of the molecule is CC(=O)c1ccc(N2CCN(CCC(=O)Nc3sccc3C#N)CC2)cc1. The van der Waals surface area contributed by atoms with E-state index in [9.17, 15) is 9.59 Å². The van der Waals surface area contributed by atoms with Gasteiger partial charge in [-0.3, -0.25) is 14.5 Å². The third-order valence-corrected chi connectivity index (χ3v) is 5.53. The number of carbonyl (C=O) groups excluding carboxylic acids is 2. The maximum absolute atomic E-state index is 12.1. The highest BCUT2D eigenvalue weighted by atomic mass is 32.1. The lowest BCUT2D eigenvalue weighted by molar-refractivity contribution is -0.116. The number of thiophene rings is 1. The number of nitrogens with zero attached hydrogens (tertiary/aromatic N) is 3. The first kappa shape index (κ1) is 19.1. The van der Waals surface area contributed by atoms with Crippen molar-refractivity contribution in [2.45, 2.75) is 13.3 Å². The molecule has 0 radical (unpaired) electrons. The van der Waals surface area contributed by atoms with Crippen molar-refractivity contribution >= 4 is 33.7 Å². The lowest BCUT2D eigenvalue weighted by Gasteiger charge is -2.36. The highest BCUT2D eigenvalue weighted by Crippen LogP contribution is 2.22. The average Bonchev–Trinajstić information content (AvgIpc) is 3.14. The molecule has 1 saturated heterocycles. The second kappa shape index (κ2) is 8.80. The number of anilines is 2. The lowest BCUT2D eigenvalue weighted by atomic mass is 10.1. The maximum Gasteiger partial charge on any atom is 0.226 e. The van der Waals surface area contributed by atoms with Gasteiger partial charge in [0.25, 0.3) is 0 Å². The standard InChI is InChI=1S/C20H22N4O2S/c1-15(25)16-2-4-18(5-3-16)24-11-9-23(10-12-24)8-6-19(26)22-20-17(14-21)7-13-27-20/h2-5,7,13H,6,8-12H2,1H3,(H,22,26). The van der Waals surface area contributed by atoms with E-state index in [4.69, 9.17) is 5.26 Å². The molecule has 1 amide bonds. The molecule has 0 atom stereocenters. The summed E-state index contributed by atoms with van der Waals surface area (Å²) >= 11 is 1.37. The summed E-state index contributed by atoms with van der Waals surface area (Å²) in [5.74, 6) is 0.0188. The monoisotopic (exact) mass is 382 g/mol. The number of rotatable bonds is 6. The van der Waals surface area contributed by atoms with Gasteiger partial charge in [-0.15, -0.1) is 11.3 Å². The Morgan fingerprint density at radius 1 is 1.15 bits per heavy atom. The minimum Gasteiger partial charge on any atom is -0.369 e. The molecule has 3 rings (SSSR count). The molecule has 140 valence electrons. The molecule has 27 heavy (non-hydrogen) atoms. The summed E-state index contributed by atoms with van der Waals surface area (Å²) in [4.78, 5) is 28.1. The van der Waals surface area contributed by atoms with Crippen molar-refractivity contribution in [1.29, 1.82) is 5.26 Å². The molecule has 1 aromatic heterocycles. The van der Waals surface area contributed by atoms with Crippen LogP contribution in [0.25, 0.3) is 0 Å². The average molecular weight is 382 g/mol. The van der Waals surface area contributed by atoms with Crippen molar-refractivity contribution in [3.63, 3.8) is 0 Å². The summed E-state index contributed by atoms with van der Waals surface area (Å²) in [6, 6.07) is 11.5. The summed E-state index contributed by atoms with van der Waals surface area (Å²) in [7, 11) is 0. The van der Waals surface area contributed by atoms with Gasteiger partial charge in [-0.05, 0) is 42.6 Å². The van der Waals surface area contributed by atoms with Crippen molar-refractivity contribution in [3.05, 3.63) is 46.8 Å². The number of benzene rings is 1. The van der Waals surface area contributed by atoms with E-state index in [-0.39, 0.29) is 11.7 Å². The zero-order valence-corrected chi connectivity index (χ0v) is 16.1. The van der Waals surface area contributed by atoms with Gasteiger partial charge in [0.05, 0.1) is 5.56 Å². The molecule has 1 fully saturated rings. The number of nitrogens with one attached hydrogen (secondary N) is 1. The van der Waals surface area contributed by atoms with Gasteiger partial charge < -0.3 is 10.2 Å². The second-order valence-corrected chi connectivity index (χ2v) is 7.42. The largest absolute Gasteiger partial charge is 0.369 e. The van der Waals surface area contributed by atoms with Crippen molar-refractivity contribution < 1.29 is 9.59 Å². The summed E-state index contributed by atoms with van der Waals surface area (Å²) in [6.07, 6.45) is 0.413. The van der Waals surface area contributed by atoms with E-state index in [0.29, 0.717) is 23.5 Å². The van der Waals surface area contributed by atoms with E-state index in [1.54, 1.807) is 18.4 Å². The van der Waals surface area contributed by atoms with Gasteiger partial charge in [0.15, 0.2) is 5.78 Å². The number of hydrogen-bond acceptors (Lipinski definition) is 6. The van der Waals surface area contributed by atoms with Crippen LogP contribution >= 0.6 is 11.3 Å². The molecule has 0 unspecified atom stereocenters. The lowest BCUT2D eigenvalue weighted by Crippen LogP contribution is -2.47. The Morgan fingerprint density at radius 2 is 1.85 bits per heavy atom. The molecular formula is C20H22N4O2S. The molecule has 0 aliphatic carbocycles. The van der Waals surface area contributed by atoms with E-state index in [0.717, 1.165) is 37.4 Å². The Balaban J connectivity index is 1.43. The van der Waals surface area contributed by atoms with Crippen LogP contribution in [0.1, 0.15) is 29.3 Å². The first-order valence-corrected chi connectivity index (χ1v) is 9.80. The van der Waals surface area contributed by atoms with Crippen LogP contribution < -0.4 is 10.2 Å². The topological polar surface area (TPSA) is 76.4 Å². The summed E-state index contributed by atoms with van der Waals surface area (Å²) in [6.45, 7) is 5.85. The van der Waals surface area contributed by atoms with Gasteiger partial charge in [0, 0.05) is 50.4 Å². The first-order valence-electron chi connectivity index (χ1n) is 8.92. The van der Waals surface area contributed by atoms with Gasteiger partial charge in [0.1, 0.15) is 11.1 Å². The molecular weight excluding hydrogens is 360 g/mol. The van der Waals surface area contributed by atoms with E-state index >= 15 is 0 Å². The molecule has 1 aliphatic rings. The molecule has 0 spiro atoms. The van der Waals surface area contributed by atoms with Gasteiger partial charge in [-0.1, -0.05) is 0 Å². The van der Waals surface area contributed by atoms with Crippen LogP contribution in [-0.2, 0) is 4.79 Å². The molecule has 2 heterocycles. The molecule has 7 heteroatoms. The van der Waals surface area contributed by atoms with E-state index in [1.165, 1.54) is 11.3 Å². The minimum absolute atomic E-state index is 0.0591. The quantitative estimate of drug-likeness (QED) is 0.778. The Morgan fingerprint density at radius 3 is 2.48 bits per heavy atom. The zero-order valence-electron chi connectivity index (χ0n) is 15.3. The van der Waals surface area contributed by atoms with E-state index in [2.05, 4.69) is 21.2 Å². The van der Waals surface area contributed by atoms with Crippen LogP contribution in [0.15, 0.2) is 35.7 Å². The van der Waals surface area contributed by atoms with Crippen LogP contribution in [0, 0.1) is 11.3 Å². The highest BCUT2D eigenvalue weighted by Gasteiger charge is 2.18. The summed E-state index contributed by atoms with van der Waals surface area (Å²) in [5.41, 5.74) is 2.37. The predicted octanol–water partition coefficient (Wildman–Crippen LogP) is 2.97. The van der Waals surface area contributed by atoms with Crippen LogP contribution in [0.3, 0.4) is 0 Å². The van der Waals surface area contributed by atoms with Crippen LogP contribution in [-0.4, -0.2) is 49.3 Å². The van der Waals surface area contributed by atoms with Crippen molar-refractivity contribution in [2.24, 2.45) is 0 Å². The smallest absolute Gasteiger partial charge is 0.226 e. The van der Waals surface area contributed by atoms with Gasteiger partial charge in [-0.25, -0.2) is 0 Å². The highest BCUT2D eigenvalue weighted by molar-refractivity contribution is 7.14. The Bertz CT molecular complexity index is 846.